The number of pyridine rings is 1. The number of anilines is 1. The third kappa shape index (κ3) is 2.47. The van der Waals surface area contributed by atoms with Crippen LogP contribution in [0.5, 0.6) is 0 Å². The van der Waals surface area contributed by atoms with Crippen molar-refractivity contribution in [1.82, 2.24) is 4.98 Å². The summed E-state index contributed by atoms with van der Waals surface area (Å²) in [4.78, 5) is 4.21. The van der Waals surface area contributed by atoms with Gasteiger partial charge >= 0.3 is 0 Å². The zero-order valence-corrected chi connectivity index (χ0v) is 11.9. The Morgan fingerprint density at radius 1 is 1.05 bits per heavy atom. The molecule has 0 aliphatic rings. The summed E-state index contributed by atoms with van der Waals surface area (Å²) in [7, 11) is 0. The molecule has 1 unspecified atom stereocenters. The molecule has 0 amide bonds. The second-order valence-corrected chi connectivity index (χ2v) is 5.20. The van der Waals surface area contributed by atoms with Gasteiger partial charge in [0.05, 0.1) is 6.04 Å². The number of aromatic nitrogens is 1. The molecule has 0 spiro atoms. The van der Waals surface area contributed by atoms with E-state index in [9.17, 15) is 0 Å². The molecule has 0 bridgehead atoms. The molecule has 20 heavy (non-hydrogen) atoms. The van der Waals surface area contributed by atoms with Gasteiger partial charge in [0.15, 0.2) is 0 Å². The molecule has 1 N–H and O–H groups in total. The van der Waals surface area contributed by atoms with Gasteiger partial charge < -0.3 is 5.32 Å². The molecule has 0 fully saturated rings. The van der Waals surface area contributed by atoms with E-state index >= 15 is 0 Å². The maximum absolute atomic E-state index is 6.25. The highest BCUT2D eigenvalue weighted by Crippen LogP contribution is 2.29. The first-order chi connectivity index (χ1) is 9.75. The fourth-order valence-electron chi connectivity index (χ4n) is 2.38. The number of hydrogen-bond donors (Lipinski definition) is 1. The summed E-state index contributed by atoms with van der Waals surface area (Å²) in [6.45, 7) is 2.11. The first-order valence-corrected chi connectivity index (χ1v) is 6.97. The van der Waals surface area contributed by atoms with Crippen molar-refractivity contribution in [3.05, 3.63) is 71.5 Å². The van der Waals surface area contributed by atoms with Crippen molar-refractivity contribution in [2.75, 3.05) is 5.32 Å². The molecule has 0 saturated carbocycles. The second-order valence-electron chi connectivity index (χ2n) is 4.79. The van der Waals surface area contributed by atoms with Crippen LogP contribution in [-0.2, 0) is 0 Å². The summed E-state index contributed by atoms with van der Waals surface area (Å²) in [6.07, 6.45) is 3.70. The minimum absolute atomic E-state index is 0.134. The van der Waals surface area contributed by atoms with Gasteiger partial charge in [-0.15, -0.1) is 0 Å². The van der Waals surface area contributed by atoms with Crippen LogP contribution in [0.2, 0.25) is 5.02 Å². The Kier molecular flexibility index (Phi) is 3.57. The van der Waals surface area contributed by atoms with E-state index in [0.29, 0.717) is 0 Å². The molecule has 2 nitrogen and oxygen atoms in total. The maximum atomic E-state index is 6.25. The topological polar surface area (TPSA) is 24.9 Å². The molecule has 0 radical (unpaired) electrons. The highest BCUT2D eigenvalue weighted by Gasteiger charge is 2.10. The number of hydrogen-bond acceptors (Lipinski definition) is 2. The van der Waals surface area contributed by atoms with E-state index in [4.69, 9.17) is 11.6 Å². The van der Waals surface area contributed by atoms with Gasteiger partial charge in [0.25, 0.3) is 0 Å². The molecule has 1 heterocycles. The molecule has 0 saturated heterocycles. The van der Waals surface area contributed by atoms with Crippen molar-refractivity contribution >= 4 is 28.1 Å². The van der Waals surface area contributed by atoms with Gasteiger partial charge in [0, 0.05) is 28.5 Å². The van der Waals surface area contributed by atoms with Crippen molar-refractivity contribution in [2.45, 2.75) is 13.0 Å². The lowest BCUT2D eigenvalue weighted by Crippen LogP contribution is -2.07. The zero-order valence-electron chi connectivity index (χ0n) is 11.2. The monoisotopic (exact) mass is 282 g/mol. The number of nitrogens with zero attached hydrogens (tertiary/aromatic N) is 1. The largest absolute Gasteiger partial charge is 0.378 e. The highest BCUT2D eigenvalue weighted by molar-refractivity contribution is 6.31. The second kappa shape index (κ2) is 5.51. The van der Waals surface area contributed by atoms with Gasteiger partial charge in [-0.05, 0) is 36.1 Å². The van der Waals surface area contributed by atoms with Crippen LogP contribution in [0.1, 0.15) is 18.5 Å². The SMILES string of the molecule is CC(Nc1cccc2ccncc12)c1ccccc1Cl. The normalized spacial score (nSPS) is 12.3. The Morgan fingerprint density at radius 2 is 1.90 bits per heavy atom. The number of nitrogens with one attached hydrogen (secondary N) is 1. The Labute approximate surface area is 123 Å². The predicted octanol–water partition coefficient (Wildman–Crippen LogP) is 5.06. The van der Waals surface area contributed by atoms with Crippen LogP contribution in [0.3, 0.4) is 0 Å². The van der Waals surface area contributed by atoms with Gasteiger partial charge in [-0.3, -0.25) is 4.98 Å². The van der Waals surface area contributed by atoms with Gasteiger partial charge in [0.2, 0.25) is 0 Å². The van der Waals surface area contributed by atoms with Crippen LogP contribution in [0.4, 0.5) is 5.69 Å². The maximum Gasteiger partial charge on any atom is 0.0500 e. The average Bonchev–Trinajstić information content (AvgIpc) is 2.48. The lowest BCUT2D eigenvalue weighted by molar-refractivity contribution is 0.887. The molecule has 0 aliphatic heterocycles. The van der Waals surface area contributed by atoms with Crippen LogP contribution >= 0.6 is 11.6 Å². The van der Waals surface area contributed by atoms with Crippen LogP contribution in [-0.4, -0.2) is 4.98 Å². The lowest BCUT2D eigenvalue weighted by atomic mass is 10.1. The Bertz CT molecular complexity index is 734. The van der Waals surface area contributed by atoms with E-state index in [2.05, 4.69) is 29.4 Å². The molecule has 2 aromatic carbocycles. The summed E-state index contributed by atoms with van der Waals surface area (Å²) in [6, 6.07) is 16.3. The summed E-state index contributed by atoms with van der Waals surface area (Å²) >= 11 is 6.25. The fourth-order valence-corrected chi connectivity index (χ4v) is 2.68. The standard InChI is InChI=1S/C17H15ClN2/c1-12(14-6-2-3-7-16(14)18)20-17-8-4-5-13-9-10-19-11-15(13)17/h2-12,20H,1H3. The predicted molar refractivity (Wildman–Crippen MR) is 85.2 cm³/mol. The smallest absolute Gasteiger partial charge is 0.0500 e. The highest BCUT2D eigenvalue weighted by atomic mass is 35.5. The van der Waals surface area contributed by atoms with E-state index in [1.807, 2.05) is 48.8 Å². The number of benzene rings is 2. The van der Waals surface area contributed by atoms with Crippen molar-refractivity contribution in [3.63, 3.8) is 0 Å². The van der Waals surface area contributed by atoms with E-state index in [1.54, 1.807) is 0 Å². The summed E-state index contributed by atoms with van der Waals surface area (Å²) in [5, 5.41) is 6.60. The van der Waals surface area contributed by atoms with Gasteiger partial charge in [0.1, 0.15) is 0 Å². The Hall–Kier alpha value is -2.06. The number of rotatable bonds is 3. The van der Waals surface area contributed by atoms with Crippen molar-refractivity contribution in [3.8, 4) is 0 Å². The molecular weight excluding hydrogens is 268 g/mol. The quantitative estimate of drug-likeness (QED) is 0.726. The number of halogens is 1. The molecule has 0 aliphatic carbocycles. The number of fused-ring (bicyclic) bond motifs is 1. The van der Waals surface area contributed by atoms with Crippen molar-refractivity contribution < 1.29 is 0 Å². The van der Waals surface area contributed by atoms with E-state index in [0.717, 1.165) is 21.7 Å². The average molecular weight is 283 g/mol. The van der Waals surface area contributed by atoms with Crippen LogP contribution in [0.15, 0.2) is 60.9 Å². The Balaban J connectivity index is 1.96. The van der Waals surface area contributed by atoms with Crippen LogP contribution in [0.25, 0.3) is 10.8 Å². The molecule has 1 atom stereocenters. The third-order valence-electron chi connectivity index (χ3n) is 3.43. The first kappa shape index (κ1) is 12.9. The lowest BCUT2D eigenvalue weighted by Gasteiger charge is -2.18. The molecular formula is C17H15ClN2. The first-order valence-electron chi connectivity index (χ1n) is 6.59. The Morgan fingerprint density at radius 3 is 2.75 bits per heavy atom. The minimum atomic E-state index is 0.134. The molecule has 3 heteroatoms. The van der Waals surface area contributed by atoms with Crippen molar-refractivity contribution in [2.24, 2.45) is 0 Å². The van der Waals surface area contributed by atoms with Gasteiger partial charge in [-0.2, -0.15) is 0 Å². The molecule has 100 valence electrons. The van der Waals surface area contributed by atoms with Crippen molar-refractivity contribution in [1.29, 1.82) is 0 Å². The third-order valence-corrected chi connectivity index (χ3v) is 3.77. The van der Waals surface area contributed by atoms with E-state index < -0.39 is 0 Å². The molecule has 1 aromatic heterocycles. The van der Waals surface area contributed by atoms with Crippen LogP contribution in [0, 0.1) is 0 Å². The van der Waals surface area contributed by atoms with Crippen LogP contribution < -0.4 is 5.32 Å². The van der Waals surface area contributed by atoms with Gasteiger partial charge in [-0.1, -0.05) is 41.9 Å². The van der Waals surface area contributed by atoms with Gasteiger partial charge in [-0.25, -0.2) is 0 Å². The summed E-state index contributed by atoms with van der Waals surface area (Å²) in [5.41, 5.74) is 2.16. The fraction of sp³-hybridized carbons (Fsp3) is 0.118. The summed E-state index contributed by atoms with van der Waals surface area (Å²) in [5.74, 6) is 0. The molecule has 3 rings (SSSR count). The molecule has 3 aromatic rings. The van der Waals surface area contributed by atoms with E-state index in [1.165, 1.54) is 5.39 Å². The minimum Gasteiger partial charge on any atom is -0.378 e. The summed E-state index contributed by atoms with van der Waals surface area (Å²) < 4.78 is 0. The zero-order chi connectivity index (χ0) is 13.9. The van der Waals surface area contributed by atoms with E-state index in [-0.39, 0.29) is 6.04 Å².